The highest BCUT2D eigenvalue weighted by Crippen LogP contribution is 2.29. The van der Waals surface area contributed by atoms with E-state index < -0.39 is 0 Å². The molecule has 0 aliphatic carbocycles. The molecule has 21 heavy (non-hydrogen) atoms. The molecule has 0 bridgehead atoms. The summed E-state index contributed by atoms with van der Waals surface area (Å²) in [6.07, 6.45) is 2.33. The van der Waals surface area contributed by atoms with Crippen LogP contribution in [0.3, 0.4) is 0 Å². The van der Waals surface area contributed by atoms with Gasteiger partial charge in [-0.3, -0.25) is 0 Å². The van der Waals surface area contributed by atoms with Gasteiger partial charge in [-0.15, -0.1) is 0 Å². The molecule has 2 rings (SSSR count). The van der Waals surface area contributed by atoms with E-state index in [4.69, 9.17) is 11.6 Å². The predicted octanol–water partition coefficient (Wildman–Crippen LogP) is 5.00. The Bertz CT molecular complexity index is 554. The molecular formula is C18H23ClN2. The highest BCUT2D eigenvalue weighted by atomic mass is 35.5. The monoisotopic (exact) mass is 302 g/mol. The van der Waals surface area contributed by atoms with E-state index in [1.807, 2.05) is 13.1 Å². The molecule has 0 radical (unpaired) electrons. The lowest BCUT2D eigenvalue weighted by molar-refractivity contribution is 0.784. The lowest BCUT2D eigenvalue weighted by Crippen LogP contribution is -2.18. The molecule has 2 aromatic carbocycles. The summed E-state index contributed by atoms with van der Waals surface area (Å²) in [6.45, 7) is 4.01. The van der Waals surface area contributed by atoms with E-state index in [9.17, 15) is 0 Å². The number of hydrogen-bond donors (Lipinski definition) is 1. The molecule has 0 spiro atoms. The molecule has 0 atom stereocenters. The highest BCUT2D eigenvalue weighted by molar-refractivity contribution is 6.31. The molecular weight excluding hydrogens is 280 g/mol. The van der Waals surface area contributed by atoms with Crippen molar-refractivity contribution >= 4 is 23.0 Å². The summed E-state index contributed by atoms with van der Waals surface area (Å²) in [7, 11) is 1.93. The molecule has 0 heterocycles. The molecule has 0 amide bonds. The number of hydrogen-bond acceptors (Lipinski definition) is 2. The van der Waals surface area contributed by atoms with Gasteiger partial charge in [-0.2, -0.15) is 0 Å². The third kappa shape index (κ3) is 4.23. The van der Waals surface area contributed by atoms with Crippen molar-refractivity contribution in [1.29, 1.82) is 0 Å². The normalized spacial score (nSPS) is 10.6. The Hall–Kier alpha value is -1.51. The van der Waals surface area contributed by atoms with Gasteiger partial charge in [0.1, 0.15) is 0 Å². The quantitative estimate of drug-likeness (QED) is 0.774. The van der Waals surface area contributed by atoms with E-state index in [0.717, 1.165) is 35.8 Å². The van der Waals surface area contributed by atoms with Crippen molar-refractivity contribution < 1.29 is 0 Å². The molecule has 0 saturated heterocycles. The largest absolute Gasteiger partial charge is 0.341 e. The predicted molar refractivity (Wildman–Crippen MR) is 92.6 cm³/mol. The minimum atomic E-state index is 0.791. The molecule has 0 fully saturated rings. The summed E-state index contributed by atoms with van der Waals surface area (Å²) in [6, 6.07) is 16.8. The van der Waals surface area contributed by atoms with Crippen LogP contribution in [0.15, 0.2) is 48.5 Å². The Morgan fingerprint density at radius 1 is 1.05 bits per heavy atom. The molecule has 0 aliphatic rings. The second kappa shape index (κ2) is 8.06. The van der Waals surface area contributed by atoms with Gasteiger partial charge in [-0.05, 0) is 43.3 Å². The second-order valence-corrected chi connectivity index (χ2v) is 5.55. The summed E-state index contributed by atoms with van der Waals surface area (Å²) < 4.78 is 0. The van der Waals surface area contributed by atoms with Gasteiger partial charge in [0.15, 0.2) is 0 Å². The number of nitrogens with zero attached hydrogens (tertiary/aromatic N) is 1. The number of anilines is 2. The molecule has 3 heteroatoms. The van der Waals surface area contributed by atoms with Gasteiger partial charge >= 0.3 is 0 Å². The number of unbranched alkanes of at least 4 members (excludes halogenated alkanes) is 1. The topological polar surface area (TPSA) is 15.3 Å². The fourth-order valence-corrected chi connectivity index (χ4v) is 2.61. The van der Waals surface area contributed by atoms with E-state index in [1.54, 1.807) is 0 Å². The van der Waals surface area contributed by atoms with Crippen molar-refractivity contribution in [3.63, 3.8) is 0 Å². The molecule has 2 aromatic rings. The number of rotatable bonds is 7. The fourth-order valence-electron chi connectivity index (χ4n) is 2.37. The molecule has 0 aliphatic heterocycles. The number of para-hydroxylation sites is 1. The third-order valence-electron chi connectivity index (χ3n) is 3.52. The first-order valence-corrected chi connectivity index (χ1v) is 7.89. The van der Waals surface area contributed by atoms with Crippen LogP contribution in [0.1, 0.15) is 25.3 Å². The average molecular weight is 303 g/mol. The maximum Gasteiger partial charge on any atom is 0.0471 e. The summed E-state index contributed by atoms with van der Waals surface area (Å²) in [5.41, 5.74) is 3.49. The maximum atomic E-state index is 6.41. The van der Waals surface area contributed by atoms with Gasteiger partial charge in [0.2, 0.25) is 0 Å². The smallest absolute Gasteiger partial charge is 0.0471 e. The van der Waals surface area contributed by atoms with Crippen LogP contribution >= 0.6 is 11.6 Å². The van der Waals surface area contributed by atoms with Gasteiger partial charge in [0.05, 0.1) is 0 Å². The summed E-state index contributed by atoms with van der Waals surface area (Å²) in [4.78, 5) is 2.33. The van der Waals surface area contributed by atoms with Gasteiger partial charge in [0.25, 0.3) is 0 Å². The zero-order chi connectivity index (χ0) is 15.1. The van der Waals surface area contributed by atoms with E-state index >= 15 is 0 Å². The third-order valence-corrected chi connectivity index (χ3v) is 3.87. The minimum absolute atomic E-state index is 0.791. The Morgan fingerprint density at radius 3 is 2.43 bits per heavy atom. The first-order chi connectivity index (χ1) is 10.3. The van der Waals surface area contributed by atoms with Crippen LogP contribution in [0.5, 0.6) is 0 Å². The molecule has 2 nitrogen and oxygen atoms in total. The lowest BCUT2D eigenvalue weighted by atomic mass is 10.1. The standard InChI is InChI=1S/C18H23ClN2/c1-3-4-12-21(16-8-6-5-7-9-16)17-11-10-15(14-20-2)18(19)13-17/h5-11,13,20H,3-4,12,14H2,1-2H3. The lowest BCUT2D eigenvalue weighted by Gasteiger charge is -2.25. The van der Waals surface area contributed by atoms with Crippen molar-refractivity contribution in [1.82, 2.24) is 5.32 Å². The Kier molecular flexibility index (Phi) is 6.09. The van der Waals surface area contributed by atoms with Crippen LogP contribution in [-0.4, -0.2) is 13.6 Å². The van der Waals surface area contributed by atoms with Gasteiger partial charge in [-0.1, -0.05) is 49.2 Å². The first kappa shape index (κ1) is 15.9. The Labute approximate surface area is 132 Å². The zero-order valence-corrected chi connectivity index (χ0v) is 13.5. The van der Waals surface area contributed by atoms with Crippen LogP contribution in [0.2, 0.25) is 5.02 Å². The van der Waals surface area contributed by atoms with E-state index in [1.165, 1.54) is 12.1 Å². The van der Waals surface area contributed by atoms with Crippen molar-refractivity contribution in [2.24, 2.45) is 0 Å². The molecule has 0 unspecified atom stereocenters. The molecule has 0 saturated carbocycles. The van der Waals surface area contributed by atoms with Gasteiger partial charge < -0.3 is 10.2 Å². The van der Waals surface area contributed by atoms with Crippen LogP contribution in [0.25, 0.3) is 0 Å². The van der Waals surface area contributed by atoms with Crippen molar-refractivity contribution in [2.45, 2.75) is 26.3 Å². The number of halogens is 1. The SMILES string of the molecule is CCCCN(c1ccccc1)c1ccc(CNC)c(Cl)c1. The molecule has 0 aromatic heterocycles. The van der Waals surface area contributed by atoms with Crippen LogP contribution in [0.4, 0.5) is 11.4 Å². The summed E-state index contributed by atoms with van der Waals surface area (Å²) >= 11 is 6.41. The maximum absolute atomic E-state index is 6.41. The number of nitrogens with one attached hydrogen (secondary N) is 1. The van der Waals surface area contributed by atoms with Crippen molar-refractivity contribution in [2.75, 3.05) is 18.5 Å². The van der Waals surface area contributed by atoms with E-state index in [2.05, 4.69) is 59.6 Å². The minimum Gasteiger partial charge on any atom is -0.341 e. The second-order valence-electron chi connectivity index (χ2n) is 5.15. The van der Waals surface area contributed by atoms with Crippen LogP contribution in [0, 0.1) is 0 Å². The summed E-state index contributed by atoms with van der Waals surface area (Å²) in [5, 5.41) is 3.96. The number of benzene rings is 2. The van der Waals surface area contributed by atoms with Crippen molar-refractivity contribution in [3.05, 3.63) is 59.1 Å². The summed E-state index contributed by atoms with van der Waals surface area (Å²) in [5.74, 6) is 0. The average Bonchev–Trinajstić information content (AvgIpc) is 2.51. The molecule has 1 N–H and O–H groups in total. The Balaban J connectivity index is 2.30. The van der Waals surface area contributed by atoms with Crippen molar-refractivity contribution in [3.8, 4) is 0 Å². The van der Waals surface area contributed by atoms with Crippen LogP contribution < -0.4 is 10.2 Å². The van der Waals surface area contributed by atoms with Gasteiger partial charge in [0, 0.05) is 29.5 Å². The highest BCUT2D eigenvalue weighted by Gasteiger charge is 2.10. The molecule has 112 valence electrons. The fraction of sp³-hybridized carbons (Fsp3) is 0.333. The van der Waals surface area contributed by atoms with Gasteiger partial charge in [-0.25, -0.2) is 0 Å². The van der Waals surface area contributed by atoms with Crippen LogP contribution in [-0.2, 0) is 6.54 Å². The van der Waals surface area contributed by atoms with E-state index in [0.29, 0.717) is 0 Å². The first-order valence-electron chi connectivity index (χ1n) is 7.52. The van der Waals surface area contributed by atoms with E-state index in [-0.39, 0.29) is 0 Å². The Morgan fingerprint density at radius 2 is 1.81 bits per heavy atom. The zero-order valence-electron chi connectivity index (χ0n) is 12.8.